The van der Waals surface area contributed by atoms with Gasteiger partial charge in [0.2, 0.25) is 0 Å². The Morgan fingerprint density at radius 3 is 2.56 bits per heavy atom. The van der Waals surface area contributed by atoms with Crippen LogP contribution >= 0.6 is 0 Å². The zero-order valence-electron chi connectivity index (χ0n) is 9.17. The van der Waals surface area contributed by atoms with Crippen LogP contribution in [-0.4, -0.2) is 19.7 Å². The van der Waals surface area contributed by atoms with Crippen LogP contribution in [0.4, 0.5) is 8.78 Å². The first-order valence-corrected chi connectivity index (χ1v) is 5.43. The predicted molar refractivity (Wildman–Crippen MR) is 57.1 cm³/mol. The highest BCUT2D eigenvalue weighted by Crippen LogP contribution is 2.21. The van der Waals surface area contributed by atoms with Gasteiger partial charge in [0.1, 0.15) is 11.6 Å². The van der Waals surface area contributed by atoms with E-state index < -0.39 is 11.6 Å². The van der Waals surface area contributed by atoms with E-state index in [0.29, 0.717) is 24.6 Å². The molecule has 1 fully saturated rings. The predicted octanol–water partition coefficient (Wildman–Crippen LogP) is 2.26. The summed E-state index contributed by atoms with van der Waals surface area (Å²) in [5.41, 5.74) is 0.555. The molecule has 2 nitrogen and oxygen atoms in total. The second-order valence-electron chi connectivity index (χ2n) is 4.29. The van der Waals surface area contributed by atoms with Crippen LogP contribution in [0.2, 0.25) is 0 Å². The molecule has 0 amide bonds. The zero-order valence-corrected chi connectivity index (χ0v) is 9.17. The van der Waals surface area contributed by atoms with Gasteiger partial charge in [-0.25, -0.2) is 8.78 Å². The number of rotatable bonds is 1. The molecule has 1 N–H and O–H groups in total. The molecule has 0 radical (unpaired) electrons. The van der Waals surface area contributed by atoms with Crippen LogP contribution in [0.5, 0.6) is 0 Å². The van der Waals surface area contributed by atoms with Crippen molar-refractivity contribution >= 4 is 0 Å². The number of hydrogen-bond acceptors (Lipinski definition) is 2. The Kier molecular flexibility index (Phi) is 3.51. The van der Waals surface area contributed by atoms with Gasteiger partial charge in [0.05, 0.1) is 12.7 Å². The minimum absolute atomic E-state index is 0.268. The molecule has 2 atom stereocenters. The Hall–Kier alpha value is -1.00. The molecule has 0 spiro atoms. The molecular formula is C12H15F2NO. The first-order valence-electron chi connectivity index (χ1n) is 5.43. The normalized spacial score (nSPS) is 26.4. The summed E-state index contributed by atoms with van der Waals surface area (Å²) >= 11 is 0. The average Bonchev–Trinajstić information content (AvgIpc) is 2.41. The van der Waals surface area contributed by atoms with Gasteiger partial charge in [-0.05, 0) is 23.6 Å². The van der Waals surface area contributed by atoms with Crippen molar-refractivity contribution in [2.45, 2.75) is 13.0 Å². The molecule has 1 heterocycles. The molecule has 1 aliphatic rings. The Morgan fingerprint density at radius 2 is 1.88 bits per heavy atom. The molecule has 0 aliphatic carbocycles. The smallest absolute Gasteiger partial charge is 0.126 e. The minimum atomic E-state index is -0.559. The number of nitrogens with one attached hydrogen (secondary N) is 1. The largest absolute Gasteiger partial charge is 0.372 e. The van der Waals surface area contributed by atoms with E-state index in [4.69, 9.17) is 4.74 Å². The summed E-state index contributed by atoms with van der Waals surface area (Å²) in [6.45, 7) is 4.14. The van der Waals surface area contributed by atoms with Crippen LogP contribution in [-0.2, 0) is 4.74 Å². The Balaban J connectivity index is 2.16. The summed E-state index contributed by atoms with van der Waals surface area (Å²) in [5.74, 6) is -0.699. The van der Waals surface area contributed by atoms with Gasteiger partial charge in [0.15, 0.2) is 0 Å². The van der Waals surface area contributed by atoms with Gasteiger partial charge < -0.3 is 10.1 Å². The maximum atomic E-state index is 13.0. The van der Waals surface area contributed by atoms with E-state index in [-0.39, 0.29) is 6.10 Å². The average molecular weight is 227 g/mol. The van der Waals surface area contributed by atoms with Gasteiger partial charge in [-0.15, -0.1) is 0 Å². The molecule has 1 aromatic carbocycles. The van der Waals surface area contributed by atoms with Crippen molar-refractivity contribution in [3.05, 3.63) is 35.4 Å². The minimum Gasteiger partial charge on any atom is -0.372 e. The molecule has 2 rings (SSSR count). The van der Waals surface area contributed by atoms with E-state index in [1.54, 1.807) is 0 Å². The van der Waals surface area contributed by atoms with Crippen molar-refractivity contribution in [2.75, 3.05) is 19.7 Å². The summed E-state index contributed by atoms with van der Waals surface area (Å²) in [7, 11) is 0. The molecule has 88 valence electrons. The van der Waals surface area contributed by atoms with Gasteiger partial charge >= 0.3 is 0 Å². The number of halogens is 2. The molecule has 1 aromatic rings. The van der Waals surface area contributed by atoms with E-state index in [0.717, 1.165) is 12.6 Å². The first kappa shape index (κ1) is 11.5. The number of hydrogen-bond donors (Lipinski definition) is 1. The molecule has 0 saturated carbocycles. The lowest BCUT2D eigenvalue weighted by atomic mass is 10.1. The van der Waals surface area contributed by atoms with Crippen LogP contribution in [0.25, 0.3) is 0 Å². The summed E-state index contributed by atoms with van der Waals surface area (Å²) in [5, 5.41) is 3.21. The maximum Gasteiger partial charge on any atom is 0.126 e. The fourth-order valence-corrected chi connectivity index (χ4v) is 1.83. The van der Waals surface area contributed by atoms with Gasteiger partial charge in [-0.1, -0.05) is 6.92 Å². The third kappa shape index (κ3) is 2.77. The first-order chi connectivity index (χ1) is 7.65. The van der Waals surface area contributed by atoms with Crippen LogP contribution in [0.15, 0.2) is 18.2 Å². The van der Waals surface area contributed by atoms with E-state index >= 15 is 0 Å². The SMILES string of the molecule is CC1CNCC(c2cc(F)cc(F)c2)OC1. The molecule has 2 unspecified atom stereocenters. The van der Waals surface area contributed by atoms with Gasteiger partial charge in [0.25, 0.3) is 0 Å². The van der Waals surface area contributed by atoms with Crippen LogP contribution in [0, 0.1) is 17.6 Å². The van der Waals surface area contributed by atoms with E-state index in [9.17, 15) is 8.78 Å². The van der Waals surface area contributed by atoms with Crippen molar-refractivity contribution in [2.24, 2.45) is 5.92 Å². The summed E-state index contributed by atoms with van der Waals surface area (Å²) < 4.78 is 31.7. The maximum absolute atomic E-state index is 13.0. The second-order valence-corrected chi connectivity index (χ2v) is 4.29. The lowest BCUT2D eigenvalue weighted by molar-refractivity contribution is 0.0511. The summed E-state index contributed by atoms with van der Waals surface area (Å²) in [6.07, 6.45) is -0.268. The molecular weight excluding hydrogens is 212 g/mol. The van der Waals surface area contributed by atoms with Crippen LogP contribution in [0.3, 0.4) is 0 Å². The fraction of sp³-hybridized carbons (Fsp3) is 0.500. The van der Waals surface area contributed by atoms with Gasteiger partial charge in [0, 0.05) is 19.2 Å². The number of ether oxygens (including phenoxy) is 1. The fourth-order valence-electron chi connectivity index (χ4n) is 1.83. The Bertz CT molecular complexity index is 350. The van der Waals surface area contributed by atoms with Crippen molar-refractivity contribution in [3.8, 4) is 0 Å². The molecule has 1 saturated heterocycles. The van der Waals surface area contributed by atoms with E-state index in [1.165, 1.54) is 12.1 Å². The third-order valence-corrected chi connectivity index (χ3v) is 2.66. The van der Waals surface area contributed by atoms with E-state index in [1.807, 2.05) is 0 Å². The quantitative estimate of drug-likeness (QED) is 0.794. The molecule has 4 heteroatoms. The lowest BCUT2D eigenvalue weighted by Gasteiger charge is -2.15. The Morgan fingerprint density at radius 1 is 1.19 bits per heavy atom. The highest BCUT2D eigenvalue weighted by molar-refractivity contribution is 5.20. The van der Waals surface area contributed by atoms with Crippen molar-refractivity contribution in [3.63, 3.8) is 0 Å². The standard InChI is InChI=1S/C12H15F2NO/c1-8-5-15-6-12(16-7-8)9-2-10(13)4-11(14)3-9/h2-4,8,12,15H,5-7H2,1H3. The summed E-state index contributed by atoms with van der Waals surface area (Å²) in [6, 6.07) is 3.52. The molecule has 16 heavy (non-hydrogen) atoms. The lowest BCUT2D eigenvalue weighted by Crippen LogP contribution is -2.22. The third-order valence-electron chi connectivity index (χ3n) is 2.66. The van der Waals surface area contributed by atoms with Crippen molar-refractivity contribution in [1.82, 2.24) is 5.32 Å². The van der Waals surface area contributed by atoms with Gasteiger partial charge in [-0.2, -0.15) is 0 Å². The Labute approximate surface area is 93.6 Å². The van der Waals surface area contributed by atoms with Gasteiger partial charge in [-0.3, -0.25) is 0 Å². The zero-order chi connectivity index (χ0) is 11.5. The topological polar surface area (TPSA) is 21.3 Å². The molecule has 0 bridgehead atoms. The summed E-state index contributed by atoms with van der Waals surface area (Å²) in [4.78, 5) is 0. The molecule has 1 aliphatic heterocycles. The number of benzene rings is 1. The second kappa shape index (κ2) is 4.89. The molecule has 0 aromatic heterocycles. The van der Waals surface area contributed by atoms with Crippen molar-refractivity contribution < 1.29 is 13.5 Å². The van der Waals surface area contributed by atoms with Crippen LogP contribution < -0.4 is 5.32 Å². The van der Waals surface area contributed by atoms with Crippen LogP contribution in [0.1, 0.15) is 18.6 Å². The highest BCUT2D eigenvalue weighted by Gasteiger charge is 2.18. The highest BCUT2D eigenvalue weighted by atomic mass is 19.1. The monoisotopic (exact) mass is 227 g/mol. The van der Waals surface area contributed by atoms with Crippen molar-refractivity contribution in [1.29, 1.82) is 0 Å². The van der Waals surface area contributed by atoms with E-state index in [2.05, 4.69) is 12.2 Å².